The van der Waals surface area contributed by atoms with Gasteiger partial charge in [-0.25, -0.2) is 8.42 Å². The molecule has 1 aromatic carbocycles. The van der Waals surface area contributed by atoms with Crippen molar-refractivity contribution in [3.05, 3.63) is 41.6 Å². The summed E-state index contributed by atoms with van der Waals surface area (Å²) in [7, 11) is -3.51. The summed E-state index contributed by atoms with van der Waals surface area (Å²) in [6, 6.07) is 8.91. The van der Waals surface area contributed by atoms with Gasteiger partial charge in [-0.05, 0) is 12.5 Å². The second-order valence-corrected chi connectivity index (χ2v) is 5.68. The van der Waals surface area contributed by atoms with Crippen molar-refractivity contribution in [1.29, 1.82) is 0 Å². The highest BCUT2D eigenvalue weighted by atomic mass is 32.2. The van der Waals surface area contributed by atoms with Crippen LogP contribution in [0.1, 0.15) is 11.3 Å². The van der Waals surface area contributed by atoms with Crippen LogP contribution in [0.4, 0.5) is 11.5 Å². The number of hydrogen-bond acceptors (Lipinski definition) is 4. The predicted octanol–water partition coefficient (Wildman–Crippen LogP) is 1.24. The maximum atomic E-state index is 11.9. The molecule has 18 heavy (non-hydrogen) atoms. The van der Waals surface area contributed by atoms with E-state index in [1.807, 2.05) is 6.07 Å². The molecule has 1 aromatic heterocycles. The third kappa shape index (κ3) is 2.80. The van der Waals surface area contributed by atoms with Crippen LogP contribution in [0.5, 0.6) is 0 Å². The van der Waals surface area contributed by atoms with Crippen molar-refractivity contribution in [3.8, 4) is 0 Å². The summed E-state index contributed by atoms with van der Waals surface area (Å²) in [4.78, 5) is 0. The van der Waals surface area contributed by atoms with Crippen molar-refractivity contribution in [2.24, 2.45) is 0 Å². The van der Waals surface area contributed by atoms with Crippen molar-refractivity contribution >= 4 is 21.5 Å². The van der Waals surface area contributed by atoms with Crippen molar-refractivity contribution in [3.63, 3.8) is 0 Å². The summed E-state index contributed by atoms with van der Waals surface area (Å²) < 4.78 is 26.2. The third-order valence-electron chi connectivity index (χ3n) is 2.45. The number of aryl methyl sites for hydroxylation is 1. The maximum Gasteiger partial charge on any atom is 0.238 e. The van der Waals surface area contributed by atoms with Crippen LogP contribution in [-0.2, 0) is 15.8 Å². The fourth-order valence-electron chi connectivity index (χ4n) is 1.49. The number of nitrogens with two attached hydrogens (primary N) is 1. The molecule has 0 radical (unpaired) electrons. The van der Waals surface area contributed by atoms with Crippen molar-refractivity contribution in [2.75, 3.05) is 10.5 Å². The topological polar surface area (TPSA) is 101 Å². The fourth-order valence-corrected chi connectivity index (χ4v) is 2.65. The summed E-state index contributed by atoms with van der Waals surface area (Å²) in [5.41, 5.74) is 7.33. The molecule has 2 rings (SSSR count). The first-order valence-electron chi connectivity index (χ1n) is 5.33. The molecule has 0 saturated carbocycles. The van der Waals surface area contributed by atoms with E-state index in [0.717, 1.165) is 0 Å². The first-order chi connectivity index (χ1) is 8.48. The van der Waals surface area contributed by atoms with Gasteiger partial charge in [-0.2, -0.15) is 5.10 Å². The van der Waals surface area contributed by atoms with E-state index in [0.29, 0.717) is 16.9 Å². The van der Waals surface area contributed by atoms with Gasteiger partial charge in [0.05, 0.1) is 17.1 Å². The lowest BCUT2D eigenvalue weighted by Gasteiger charge is -2.06. The van der Waals surface area contributed by atoms with Gasteiger partial charge in [0, 0.05) is 0 Å². The van der Waals surface area contributed by atoms with Gasteiger partial charge >= 0.3 is 0 Å². The zero-order valence-electron chi connectivity index (χ0n) is 9.84. The highest BCUT2D eigenvalue weighted by Gasteiger charge is 2.16. The van der Waals surface area contributed by atoms with Crippen LogP contribution < -0.4 is 10.5 Å². The molecule has 0 atom stereocenters. The molecule has 0 aliphatic carbocycles. The molecule has 6 nitrogen and oxygen atoms in total. The average molecular weight is 266 g/mol. The zero-order chi connectivity index (χ0) is 13.2. The fraction of sp³-hybridized carbons (Fsp3) is 0.182. The van der Waals surface area contributed by atoms with Crippen LogP contribution >= 0.6 is 0 Å². The summed E-state index contributed by atoms with van der Waals surface area (Å²) in [6.45, 7) is 1.72. The van der Waals surface area contributed by atoms with Crippen LogP contribution in [-0.4, -0.2) is 18.6 Å². The number of aromatic nitrogens is 2. The highest BCUT2D eigenvalue weighted by molar-refractivity contribution is 7.91. The maximum absolute atomic E-state index is 11.9. The number of sulfonamides is 1. The number of benzene rings is 1. The molecule has 0 unspecified atom stereocenters. The smallest absolute Gasteiger partial charge is 0.238 e. The standard InChI is InChI=1S/C11H14N4O2S/c1-8-10(12)11(14-13-8)15-18(16,17)7-9-5-3-2-4-6-9/h2-6H,7,12H2,1H3,(H2,13,14,15). The van der Waals surface area contributed by atoms with E-state index in [4.69, 9.17) is 5.73 Å². The van der Waals surface area contributed by atoms with E-state index in [-0.39, 0.29) is 11.6 Å². The SMILES string of the molecule is Cc1[nH]nc(NS(=O)(=O)Cc2ccccc2)c1N. The molecule has 4 N–H and O–H groups in total. The number of hydrogen-bond donors (Lipinski definition) is 3. The van der Waals surface area contributed by atoms with Crippen LogP contribution in [0.15, 0.2) is 30.3 Å². The van der Waals surface area contributed by atoms with Gasteiger partial charge in [-0.1, -0.05) is 30.3 Å². The normalized spacial score (nSPS) is 11.4. The zero-order valence-corrected chi connectivity index (χ0v) is 10.7. The molecular formula is C11H14N4O2S. The molecule has 1 heterocycles. The molecular weight excluding hydrogens is 252 g/mol. The average Bonchev–Trinajstić information content (AvgIpc) is 2.61. The Morgan fingerprint density at radius 2 is 2.00 bits per heavy atom. The van der Waals surface area contributed by atoms with Gasteiger partial charge < -0.3 is 5.73 Å². The van der Waals surface area contributed by atoms with Gasteiger partial charge in [-0.15, -0.1) is 0 Å². The Hall–Kier alpha value is -2.02. The third-order valence-corrected chi connectivity index (χ3v) is 3.66. The number of nitrogens with zero attached hydrogens (tertiary/aromatic N) is 1. The van der Waals surface area contributed by atoms with Crippen molar-refractivity contribution in [2.45, 2.75) is 12.7 Å². The van der Waals surface area contributed by atoms with E-state index < -0.39 is 10.0 Å². The minimum absolute atomic E-state index is 0.112. The predicted molar refractivity (Wildman–Crippen MR) is 70.4 cm³/mol. The lowest BCUT2D eigenvalue weighted by atomic mass is 10.2. The van der Waals surface area contributed by atoms with Crippen molar-refractivity contribution < 1.29 is 8.42 Å². The molecule has 7 heteroatoms. The first-order valence-corrected chi connectivity index (χ1v) is 6.98. The minimum Gasteiger partial charge on any atom is -0.394 e. The van der Waals surface area contributed by atoms with Gasteiger partial charge in [0.15, 0.2) is 5.82 Å². The number of nitrogens with one attached hydrogen (secondary N) is 2. The molecule has 2 aromatic rings. The van der Waals surface area contributed by atoms with E-state index in [2.05, 4.69) is 14.9 Å². The Balaban J connectivity index is 2.16. The Kier molecular flexibility index (Phi) is 3.24. The summed E-state index contributed by atoms with van der Waals surface area (Å²) in [6.07, 6.45) is 0. The van der Waals surface area contributed by atoms with Crippen LogP contribution in [0.25, 0.3) is 0 Å². The van der Waals surface area contributed by atoms with Gasteiger partial charge in [0.2, 0.25) is 10.0 Å². The summed E-state index contributed by atoms with van der Waals surface area (Å²) >= 11 is 0. The van der Waals surface area contributed by atoms with Crippen LogP contribution in [0.2, 0.25) is 0 Å². The Morgan fingerprint density at radius 3 is 2.56 bits per heavy atom. The summed E-state index contributed by atoms with van der Waals surface area (Å²) in [5.74, 6) is 0.0301. The Bertz CT molecular complexity index is 634. The van der Waals surface area contributed by atoms with E-state index >= 15 is 0 Å². The quantitative estimate of drug-likeness (QED) is 0.775. The summed E-state index contributed by atoms with van der Waals surface area (Å²) in [5, 5.41) is 6.42. The van der Waals surface area contributed by atoms with Crippen LogP contribution in [0.3, 0.4) is 0 Å². The number of anilines is 2. The van der Waals surface area contributed by atoms with E-state index in [1.54, 1.807) is 31.2 Å². The molecule has 0 bridgehead atoms. The van der Waals surface area contributed by atoms with E-state index in [1.165, 1.54) is 0 Å². The molecule has 0 amide bonds. The second kappa shape index (κ2) is 4.69. The molecule has 0 aliphatic heterocycles. The second-order valence-electron chi connectivity index (χ2n) is 3.96. The van der Waals surface area contributed by atoms with Gasteiger partial charge in [0.1, 0.15) is 0 Å². The number of H-pyrrole nitrogens is 1. The first kappa shape index (κ1) is 12.4. The van der Waals surface area contributed by atoms with Crippen LogP contribution in [0, 0.1) is 6.92 Å². The molecule has 0 saturated heterocycles. The van der Waals surface area contributed by atoms with Gasteiger partial charge in [-0.3, -0.25) is 9.82 Å². The van der Waals surface area contributed by atoms with Crippen molar-refractivity contribution in [1.82, 2.24) is 10.2 Å². The Morgan fingerprint density at radius 1 is 1.33 bits per heavy atom. The Labute approximate surface area is 105 Å². The minimum atomic E-state index is -3.51. The number of rotatable bonds is 4. The number of nitrogen functional groups attached to an aromatic ring is 1. The molecule has 0 spiro atoms. The van der Waals surface area contributed by atoms with Gasteiger partial charge in [0.25, 0.3) is 0 Å². The molecule has 0 aliphatic rings. The molecule has 96 valence electrons. The lowest BCUT2D eigenvalue weighted by molar-refractivity contribution is 0.600. The molecule has 0 fully saturated rings. The monoisotopic (exact) mass is 266 g/mol. The largest absolute Gasteiger partial charge is 0.394 e. The number of aromatic amines is 1. The highest BCUT2D eigenvalue weighted by Crippen LogP contribution is 2.20. The van der Waals surface area contributed by atoms with E-state index in [9.17, 15) is 8.42 Å². The lowest BCUT2D eigenvalue weighted by Crippen LogP contribution is -2.16.